The van der Waals surface area contributed by atoms with E-state index in [1.807, 2.05) is 0 Å². The van der Waals surface area contributed by atoms with E-state index in [-0.39, 0.29) is 23.0 Å². The molecule has 0 saturated heterocycles. The van der Waals surface area contributed by atoms with Crippen LogP contribution in [0.1, 0.15) is 45.3 Å². The van der Waals surface area contributed by atoms with E-state index in [1.165, 1.54) is 0 Å². The third-order valence-corrected chi connectivity index (χ3v) is 4.75. The summed E-state index contributed by atoms with van der Waals surface area (Å²) in [5.74, 6) is 1.11. The SMILES string of the molecule is CO[C@@]1(C)C[C@@H](NC(=O)CCc2nc(C)no2)C1(C)C. The molecule has 0 radical (unpaired) electrons. The first-order valence-electron chi connectivity index (χ1n) is 6.92. The van der Waals surface area contributed by atoms with Crippen LogP contribution in [0.5, 0.6) is 0 Å². The zero-order valence-electron chi connectivity index (χ0n) is 12.8. The highest BCUT2D eigenvalue weighted by atomic mass is 16.5. The zero-order chi connectivity index (χ0) is 15.0. The highest BCUT2D eigenvalue weighted by molar-refractivity contribution is 5.76. The van der Waals surface area contributed by atoms with Crippen molar-refractivity contribution in [1.82, 2.24) is 15.5 Å². The minimum absolute atomic E-state index is 0.0112. The Morgan fingerprint density at radius 2 is 2.20 bits per heavy atom. The number of rotatable bonds is 5. The van der Waals surface area contributed by atoms with Gasteiger partial charge in [0.15, 0.2) is 5.82 Å². The molecule has 2 rings (SSSR count). The minimum Gasteiger partial charge on any atom is -0.378 e. The summed E-state index contributed by atoms with van der Waals surface area (Å²) in [5.41, 5.74) is -0.243. The van der Waals surface area contributed by atoms with E-state index in [9.17, 15) is 4.79 Å². The number of ether oxygens (including phenoxy) is 1. The maximum absolute atomic E-state index is 12.0. The summed E-state index contributed by atoms with van der Waals surface area (Å²) in [6.45, 7) is 8.07. The van der Waals surface area contributed by atoms with Gasteiger partial charge in [-0.1, -0.05) is 19.0 Å². The van der Waals surface area contributed by atoms with E-state index in [2.05, 4.69) is 36.2 Å². The predicted octanol–water partition coefficient (Wildman–Crippen LogP) is 1.63. The fourth-order valence-corrected chi connectivity index (χ4v) is 2.65. The third kappa shape index (κ3) is 2.57. The van der Waals surface area contributed by atoms with Gasteiger partial charge in [0.05, 0.1) is 5.60 Å². The van der Waals surface area contributed by atoms with Crippen LogP contribution in [0, 0.1) is 12.3 Å². The van der Waals surface area contributed by atoms with Crippen molar-refractivity contribution in [3.8, 4) is 0 Å². The average Bonchev–Trinajstić information content (AvgIpc) is 2.81. The van der Waals surface area contributed by atoms with Crippen molar-refractivity contribution in [2.24, 2.45) is 5.41 Å². The van der Waals surface area contributed by atoms with Crippen molar-refractivity contribution in [2.75, 3.05) is 7.11 Å². The molecule has 1 saturated carbocycles. The largest absolute Gasteiger partial charge is 0.378 e. The van der Waals surface area contributed by atoms with Crippen LogP contribution in [0.2, 0.25) is 0 Å². The number of hydrogen-bond donors (Lipinski definition) is 1. The smallest absolute Gasteiger partial charge is 0.227 e. The normalized spacial score (nSPS) is 27.9. The van der Waals surface area contributed by atoms with Crippen molar-refractivity contribution in [3.63, 3.8) is 0 Å². The Morgan fingerprint density at radius 1 is 1.50 bits per heavy atom. The maximum atomic E-state index is 12.0. The molecule has 1 amide bonds. The van der Waals surface area contributed by atoms with Crippen LogP contribution < -0.4 is 5.32 Å². The van der Waals surface area contributed by atoms with E-state index < -0.39 is 0 Å². The minimum atomic E-state index is -0.172. The monoisotopic (exact) mass is 281 g/mol. The molecule has 0 unspecified atom stereocenters. The number of aryl methyl sites for hydroxylation is 2. The summed E-state index contributed by atoms with van der Waals surface area (Å²) in [4.78, 5) is 16.1. The standard InChI is InChI=1S/C14H23N3O3/c1-9-15-12(20-17-9)7-6-11(18)16-10-8-14(4,19-5)13(10,2)3/h10H,6-8H2,1-5H3,(H,16,18)/t10-,14+/m1/s1. The van der Waals surface area contributed by atoms with Gasteiger partial charge in [-0.25, -0.2) is 0 Å². The van der Waals surface area contributed by atoms with Gasteiger partial charge in [0.1, 0.15) is 0 Å². The number of carbonyl (C=O) groups excluding carboxylic acids is 1. The molecule has 1 heterocycles. The molecule has 2 atom stereocenters. The van der Waals surface area contributed by atoms with E-state index in [4.69, 9.17) is 9.26 Å². The summed E-state index contributed by atoms with van der Waals surface area (Å²) in [7, 11) is 1.72. The number of hydrogen-bond acceptors (Lipinski definition) is 5. The average molecular weight is 281 g/mol. The number of aromatic nitrogens is 2. The Balaban J connectivity index is 1.81. The van der Waals surface area contributed by atoms with Crippen molar-refractivity contribution < 1.29 is 14.1 Å². The maximum Gasteiger partial charge on any atom is 0.227 e. The van der Waals surface area contributed by atoms with E-state index in [0.29, 0.717) is 24.6 Å². The lowest BCUT2D eigenvalue weighted by molar-refractivity contribution is -0.182. The fourth-order valence-electron chi connectivity index (χ4n) is 2.65. The second-order valence-corrected chi connectivity index (χ2v) is 6.22. The fraction of sp³-hybridized carbons (Fsp3) is 0.786. The number of methoxy groups -OCH3 is 1. The Labute approximate surface area is 119 Å². The van der Waals surface area contributed by atoms with Crippen LogP contribution in [0.3, 0.4) is 0 Å². The van der Waals surface area contributed by atoms with Crippen LogP contribution >= 0.6 is 0 Å². The van der Waals surface area contributed by atoms with Gasteiger partial charge in [0.2, 0.25) is 11.8 Å². The second-order valence-electron chi connectivity index (χ2n) is 6.22. The van der Waals surface area contributed by atoms with Gasteiger partial charge >= 0.3 is 0 Å². The Morgan fingerprint density at radius 3 is 2.70 bits per heavy atom. The van der Waals surface area contributed by atoms with Crippen molar-refractivity contribution in [1.29, 1.82) is 0 Å². The van der Waals surface area contributed by atoms with Crippen molar-refractivity contribution in [3.05, 3.63) is 11.7 Å². The Kier molecular flexibility index (Phi) is 3.86. The quantitative estimate of drug-likeness (QED) is 0.887. The molecule has 1 aliphatic carbocycles. The molecule has 6 nitrogen and oxygen atoms in total. The lowest BCUT2D eigenvalue weighted by Crippen LogP contribution is -2.68. The molecule has 0 spiro atoms. The first kappa shape index (κ1) is 15.0. The first-order chi connectivity index (χ1) is 9.28. The highest BCUT2D eigenvalue weighted by Gasteiger charge is 2.58. The summed E-state index contributed by atoms with van der Waals surface area (Å²) >= 11 is 0. The molecule has 1 aromatic rings. The molecule has 0 aromatic carbocycles. The number of carbonyl (C=O) groups is 1. The molecule has 112 valence electrons. The molecule has 6 heteroatoms. The summed E-state index contributed by atoms with van der Waals surface area (Å²) in [5, 5.41) is 6.77. The summed E-state index contributed by atoms with van der Waals surface area (Å²) in [6.07, 6.45) is 1.67. The van der Waals surface area contributed by atoms with Crippen molar-refractivity contribution in [2.45, 2.75) is 58.6 Å². The molecule has 20 heavy (non-hydrogen) atoms. The summed E-state index contributed by atoms with van der Waals surface area (Å²) < 4.78 is 10.5. The number of amides is 1. The van der Waals surface area contributed by atoms with E-state index in [1.54, 1.807) is 14.0 Å². The molecule has 1 aliphatic rings. The van der Waals surface area contributed by atoms with Crippen LogP contribution in [0.4, 0.5) is 0 Å². The van der Waals surface area contributed by atoms with Gasteiger partial charge < -0.3 is 14.6 Å². The Bertz CT molecular complexity index is 498. The van der Waals surface area contributed by atoms with E-state index >= 15 is 0 Å². The van der Waals surface area contributed by atoms with Gasteiger partial charge in [-0.2, -0.15) is 4.98 Å². The third-order valence-electron chi connectivity index (χ3n) is 4.75. The van der Waals surface area contributed by atoms with Gasteiger partial charge in [0.25, 0.3) is 0 Å². The predicted molar refractivity (Wildman–Crippen MR) is 73.1 cm³/mol. The van der Waals surface area contributed by atoms with Crippen LogP contribution in [-0.2, 0) is 16.0 Å². The molecule has 1 N–H and O–H groups in total. The lowest BCUT2D eigenvalue weighted by Gasteiger charge is -2.59. The second kappa shape index (κ2) is 5.16. The van der Waals surface area contributed by atoms with Gasteiger partial charge in [-0.15, -0.1) is 0 Å². The topological polar surface area (TPSA) is 77.2 Å². The molecular weight excluding hydrogens is 258 g/mol. The summed E-state index contributed by atoms with van der Waals surface area (Å²) in [6, 6.07) is 0.143. The zero-order valence-corrected chi connectivity index (χ0v) is 12.8. The molecule has 0 bridgehead atoms. The Hall–Kier alpha value is -1.43. The number of nitrogens with zero attached hydrogens (tertiary/aromatic N) is 2. The first-order valence-corrected chi connectivity index (χ1v) is 6.92. The van der Waals surface area contributed by atoms with Crippen LogP contribution in [-0.4, -0.2) is 34.8 Å². The molecule has 1 aromatic heterocycles. The van der Waals surface area contributed by atoms with Crippen LogP contribution in [0.25, 0.3) is 0 Å². The van der Waals surface area contributed by atoms with Gasteiger partial charge in [-0.05, 0) is 20.3 Å². The van der Waals surface area contributed by atoms with E-state index in [0.717, 1.165) is 6.42 Å². The van der Waals surface area contributed by atoms with Crippen molar-refractivity contribution >= 4 is 5.91 Å². The molecule has 0 aliphatic heterocycles. The lowest BCUT2D eigenvalue weighted by atomic mass is 9.56. The molecule has 1 fully saturated rings. The number of nitrogens with one attached hydrogen (secondary N) is 1. The highest BCUT2D eigenvalue weighted by Crippen LogP contribution is 2.51. The van der Waals surface area contributed by atoms with Gasteiger partial charge in [-0.3, -0.25) is 4.79 Å². The van der Waals surface area contributed by atoms with Gasteiger partial charge in [0, 0.05) is 31.4 Å². The van der Waals surface area contributed by atoms with Crippen LogP contribution in [0.15, 0.2) is 4.52 Å². The molecular formula is C14H23N3O3.